The number of nitrogens with one attached hydrogen (secondary N) is 1. The molecule has 0 aliphatic carbocycles. The van der Waals surface area contributed by atoms with Gasteiger partial charge in [0.25, 0.3) is 0 Å². The lowest BCUT2D eigenvalue weighted by atomic mass is 10.0. The molecule has 2 unspecified atom stereocenters. The van der Waals surface area contributed by atoms with Gasteiger partial charge in [-0.1, -0.05) is 442 Å². The lowest BCUT2D eigenvalue weighted by Crippen LogP contribution is -2.45. The molecular formula is C87H167NO5. The number of carbonyl (C=O) groups is 2. The summed E-state index contributed by atoms with van der Waals surface area (Å²) in [6.07, 6.45) is 109. The highest BCUT2D eigenvalue weighted by atomic mass is 16.5. The van der Waals surface area contributed by atoms with E-state index >= 15 is 0 Å². The third-order valence-corrected chi connectivity index (χ3v) is 20.2. The van der Waals surface area contributed by atoms with E-state index in [1.54, 1.807) is 6.08 Å². The van der Waals surface area contributed by atoms with Crippen LogP contribution in [0.4, 0.5) is 0 Å². The Bertz CT molecular complexity index is 1510. The number of hydrogen-bond donors (Lipinski definition) is 3. The van der Waals surface area contributed by atoms with Crippen LogP contribution in [0, 0.1) is 0 Å². The standard InChI is InChI=1S/C87H167NO5/c1-3-5-7-9-11-13-15-17-19-21-22-23-41-44-48-51-55-59-63-67-71-75-79-85(90)84(83-89)88-86(91)80-76-72-68-64-60-56-52-49-45-42-39-37-35-33-31-29-27-25-24-26-28-30-32-34-36-38-40-43-46-50-54-58-62-66-70-74-78-82-93-87(92)81-77-73-69-65-61-57-53-47-20-18-16-14-12-10-8-6-4-2/h12,14,18,20,75,79,84-85,89-90H,3-11,13,15-17,19,21-74,76-78,80-83H2,1-2H3,(H,88,91)/b14-12-,20-18-,79-75+. The molecule has 0 heterocycles. The fourth-order valence-electron chi connectivity index (χ4n) is 13.7. The summed E-state index contributed by atoms with van der Waals surface area (Å²) in [6.45, 7) is 4.93. The second kappa shape index (κ2) is 82.5. The molecule has 0 aliphatic rings. The van der Waals surface area contributed by atoms with E-state index in [1.807, 2.05) is 6.08 Å². The first-order chi connectivity index (χ1) is 46.0. The minimum atomic E-state index is -0.842. The van der Waals surface area contributed by atoms with Crippen molar-refractivity contribution in [2.45, 2.75) is 495 Å². The first-order valence-electron chi connectivity index (χ1n) is 42.8. The van der Waals surface area contributed by atoms with Crippen LogP contribution in [0.2, 0.25) is 0 Å². The second-order valence-electron chi connectivity index (χ2n) is 29.5. The Kier molecular flexibility index (Phi) is 80.8. The zero-order valence-electron chi connectivity index (χ0n) is 63.3. The van der Waals surface area contributed by atoms with Crippen molar-refractivity contribution in [1.29, 1.82) is 0 Å². The summed E-state index contributed by atoms with van der Waals surface area (Å²) in [7, 11) is 0. The summed E-state index contributed by atoms with van der Waals surface area (Å²) in [4.78, 5) is 24.7. The molecule has 0 saturated carbocycles. The number of carbonyl (C=O) groups excluding carboxylic acids is 2. The topological polar surface area (TPSA) is 95.9 Å². The van der Waals surface area contributed by atoms with Crippen molar-refractivity contribution in [2.24, 2.45) is 0 Å². The number of aliphatic hydroxyl groups excluding tert-OH is 2. The van der Waals surface area contributed by atoms with Gasteiger partial charge in [-0.15, -0.1) is 0 Å². The first-order valence-corrected chi connectivity index (χ1v) is 42.8. The van der Waals surface area contributed by atoms with Gasteiger partial charge in [0.1, 0.15) is 0 Å². The van der Waals surface area contributed by atoms with Crippen molar-refractivity contribution in [1.82, 2.24) is 5.32 Å². The Morgan fingerprint density at radius 3 is 0.839 bits per heavy atom. The van der Waals surface area contributed by atoms with Gasteiger partial charge in [-0.2, -0.15) is 0 Å². The zero-order valence-corrected chi connectivity index (χ0v) is 63.3. The lowest BCUT2D eigenvalue weighted by molar-refractivity contribution is -0.143. The lowest BCUT2D eigenvalue weighted by Gasteiger charge is -2.20. The largest absolute Gasteiger partial charge is 0.466 e. The number of amides is 1. The number of unbranched alkanes of at least 4 members (excludes halogenated alkanes) is 66. The number of hydrogen-bond acceptors (Lipinski definition) is 5. The molecule has 0 aromatic heterocycles. The molecule has 0 aliphatic heterocycles. The maximum absolute atomic E-state index is 12.6. The molecule has 3 N–H and O–H groups in total. The van der Waals surface area contributed by atoms with Gasteiger partial charge in [0.15, 0.2) is 0 Å². The Morgan fingerprint density at radius 2 is 0.538 bits per heavy atom. The highest BCUT2D eigenvalue weighted by molar-refractivity contribution is 5.76. The van der Waals surface area contributed by atoms with Crippen molar-refractivity contribution in [2.75, 3.05) is 13.2 Å². The third-order valence-electron chi connectivity index (χ3n) is 20.2. The van der Waals surface area contributed by atoms with Crippen LogP contribution >= 0.6 is 0 Å². The minimum Gasteiger partial charge on any atom is -0.466 e. The van der Waals surface area contributed by atoms with Crippen LogP contribution in [0.15, 0.2) is 36.5 Å². The van der Waals surface area contributed by atoms with E-state index in [2.05, 4.69) is 43.5 Å². The van der Waals surface area contributed by atoms with E-state index in [0.29, 0.717) is 19.4 Å². The van der Waals surface area contributed by atoms with Crippen LogP contribution in [-0.4, -0.2) is 47.4 Å². The van der Waals surface area contributed by atoms with Gasteiger partial charge >= 0.3 is 5.97 Å². The molecule has 93 heavy (non-hydrogen) atoms. The number of esters is 1. The number of allylic oxidation sites excluding steroid dienone is 5. The van der Waals surface area contributed by atoms with E-state index in [4.69, 9.17) is 4.74 Å². The van der Waals surface area contributed by atoms with Gasteiger partial charge in [-0.3, -0.25) is 9.59 Å². The minimum absolute atomic E-state index is 0.0162. The predicted octanol–water partition coefficient (Wildman–Crippen LogP) is 28.6. The number of aliphatic hydroxyl groups is 2. The molecule has 6 nitrogen and oxygen atoms in total. The summed E-state index contributed by atoms with van der Waals surface area (Å²) in [5, 5.41) is 23.3. The average molecular weight is 1310 g/mol. The summed E-state index contributed by atoms with van der Waals surface area (Å²) < 4.78 is 5.51. The van der Waals surface area contributed by atoms with Crippen LogP contribution in [0.1, 0.15) is 483 Å². The van der Waals surface area contributed by atoms with Crippen molar-refractivity contribution in [3.63, 3.8) is 0 Å². The third kappa shape index (κ3) is 79.0. The maximum Gasteiger partial charge on any atom is 0.305 e. The van der Waals surface area contributed by atoms with E-state index < -0.39 is 12.1 Å². The van der Waals surface area contributed by atoms with E-state index in [0.717, 1.165) is 51.4 Å². The van der Waals surface area contributed by atoms with Gasteiger partial charge < -0.3 is 20.3 Å². The SMILES string of the molecule is CCCCC/C=C\C/C=C\CCCCCCCCCC(=O)OCCCCCCCCCCCCCCCCCCCCCCCCCCCCCCCCCCCCCCCC(=O)NC(CO)C(O)/C=C/CCCCCCCCCCCCCCCCCCCCCC. The number of ether oxygens (including phenoxy) is 1. The van der Waals surface area contributed by atoms with Gasteiger partial charge in [0.2, 0.25) is 5.91 Å². The molecule has 0 rings (SSSR count). The summed E-state index contributed by atoms with van der Waals surface area (Å²) >= 11 is 0. The molecule has 0 aromatic rings. The van der Waals surface area contributed by atoms with Crippen molar-refractivity contribution in [3.05, 3.63) is 36.5 Å². The van der Waals surface area contributed by atoms with Crippen molar-refractivity contribution in [3.8, 4) is 0 Å². The molecular weight excluding hydrogens is 1140 g/mol. The zero-order chi connectivity index (χ0) is 67.0. The fourth-order valence-corrected chi connectivity index (χ4v) is 13.7. The molecule has 0 aromatic carbocycles. The predicted molar refractivity (Wildman–Crippen MR) is 412 cm³/mol. The monoisotopic (exact) mass is 1310 g/mol. The number of rotatable bonds is 81. The van der Waals surface area contributed by atoms with Crippen LogP contribution in [0.25, 0.3) is 0 Å². The quantitative estimate of drug-likeness (QED) is 0.0320. The van der Waals surface area contributed by atoms with E-state index in [1.165, 1.54) is 405 Å². The van der Waals surface area contributed by atoms with Crippen LogP contribution in [0.5, 0.6) is 0 Å². The van der Waals surface area contributed by atoms with Crippen molar-refractivity contribution < 1.29 is 24.5 Å². The fraction of sp³-hybridized carbons (Fsp3) is 0.908. The van der Waals surface area contributed by atoms with E-state index in [9.17, 15) is 19.8 Å². The van der Waals surface area contributed by atoms with E-state index in [-0.39, 0.29) is 18.5 Å². The van der Waals surface area contributed by atoms with Crippen LogP contribution in [-0.2, 0) is 14.3 Å². The average Bonchev–Trinajstić information content (AvgIpc) is 3.78. The molecule has 2 atom stereocenters. The summed E-state index contributed by atoms with van der Waals surface area (Å²) in [5.74, 6) is -0.0409. The second-order valence-corrected chi connectivity index (χ2v) is 29.5. The normalized spacial score (nSPS) is 12.6. The van der Waals surface area contributed by atoms with Gasteiger partial charge in [-0.25, -0.2) is 0 Å². The molecule has 0 radical (unpaired) electrons. The summed E-state index contributed by atoms with van der Waals surface area (Å²) in [6, 6.07) is -0.625. The Balaban J connectivity index is 3.32. The highest BCUT2D eigenvalue weighted by Gasteiger charge is 2.18. The van der Waals surface area contributed by atoms with Gasteiger partial charge in [-0.05, 0) is 64.2 Å². The molecule has 1 amide bonds. The Labute approximate surface area is 583 Å². The molecule has 550 valence electrons. The Hall–Kier alpha value is -1.92. The van der Waals surface area contributed by atoms with Crippen molar-refractivity contribution >= 4 is 11.9 Å². The summed E-state index contributed by atoms with van der Waals surface area (Å²) in [5.41, 5.74) is 0. The van der Waals surface area contributed by atoms with Crippen LogP contribution in [0.3, 0.4) is 0 Å². The molecule has 0 bridgehead atoms. The van der Waals surface area contributed by atoms with Crippen LogP contribution < -0.4 is 5.32 Å². The first kappa shape index (κ1) is 91.1. The Morgan fingerprint density at radius 1 is 0.301 bits per heavy atom. The smallest absolute Gasteiger partial charge is 0.305 e. The molecule has 6 heteroatoms. The van der Waals surface area contributed by atoms with Gasteiger partial charge in [0, 0.05) is 12.8 Å². The highest BCUT2D eigenvalue weighted by Crippen LogP contribution is 2.21. The molecule has 0 saturated heterocycles. The molecule has 0 spiro atoms. The molecule has 0 fully saturated rings. The maximum atomic E-state index is 12.6. The van der Waals surface area contributed by atoms with Gasteiger partial charge in [0.05, 0.1) is 25.4 Å².